The van der Waals surface area contributed by atoms with Crippen LogP contribution in [-0.4, -0.2) is 55.4 Å². The topological polar surface area (TPSA) is 105 Å². The average Bonchev–Trinajstić information content (AvgIpc) is 3.29. The molecule has 1 aliphatic heterocycles. The maximum Gasteiger partial charge on any atom is 0.304 e. The van der Waals surface area contributed by atoms with Gasteiger partial charge in [0.05, 0.1) is 13.0 Å². The summed E-state index contributed by atoms with van der Waals surface area (Å²) in [4.78, 5) is 17.1. The van der Waals surface area contributed by atoms with Gasteiger partial charge in [0.2, 0.25) is 0 Å². The molecule has 170 valence electrons. The fraction of sp³-hybridized carbons (Fsp3) is 0.400. The van der Waals surface area contributed by atoms with Crippen LogP contribution < -0.4 is 0 Å². The average molecular weight is 447 g/mol. The normalized spacial score (nSPS) is 22.4. The van der Waals surface area contributed by atoms with E-state index < -0.39 is 12.1 Å². The molecule has 0 radical (unpaired) electrons. The number of aliphatic carboxylic acids is 1. The lowest BCUT2D eigenvalue weighted by molar-refractivity contribution is -0.137. The molecule has 1 aromatic carbocycles. The van der Waals surface area contributed by atoms with Gasteiger partial charge in [-0.3, -0.25) is 4.79 Å². The van der Waals surface area contributed by atoms with Crippen molar-refractivity contribution in [3.05, 3.63) is 59.8 Å². The van der Waals surface area contributed by atoms with Crippen molar-refractivity contribution in [2.24, 2.45) is 17.8 Å². The maximum absolute atomic E-state index is 10.7. The summed E-state index contributed by atoms with van der Waals surface area (Å²) in [6.07, 6.45) is 3.03. The number of benzene rings is 1. The SMILES string of the molecule is C[C@H](O)c1nccn1Cc1cc(-c2ccc(C#C[C@H]3[C@H]4CN(CCC(=O)O)C[C@@H]34)cc2)on1. The first-order valence-corrected chi connectivity index (χ1v) is 11.2. The summed E-state index contributed by atoms with van der Waals surface area (Å²) in [5.41, 5.74) is 2.65. The van der Waals surface area contributed by atoms with Crippen LogP contribution in [-0.2, 0) is 11.3 Å². The van der Waals surface area contributed by atoms with Crippen LogP contribution in [0.5, 0.6) is 0 Å². The summed E-state index contributed by atoms with van der Waals surface area (Å²) >= 11 is 0. The van der Waals surface area contributed by atoms with E-state index in [1.807, 2.05) is 41.1 Å². The lowest BCUT2D eigenvalue weighted by atomic mass is 10.1. The number of fused-ring (bicyclic) bond motifs is 1. The summed E-state index contributed by atoms with van der Waals surface area (Å²) in [5.74, 6) is 8.83. The van der Waals surface area contributed by atoms with E-state index in [1.165, 1.54) is 0 Å². The van der Waals surface area contributed by atoms with Gasteiger partial charge in [0, 0.05) is 55.1 Å². The first-order chi connectivity index (χ1) is 16.0. The third-order valence-electron chi connectivity index (χ3n) is 6.48. The van der Waals surface area contributed by atoms with Crippen LogP contribution in [0, 0.1) is 29.6 Å². The fourth-order valence-corrected chi connectivity index (χ4v) is 4.67. The van der Waals surface area contributed by atoms with Crippen LogP contribution in [0.2, 0.25) is 0 Å². The lowest BCUT2D eigenvalue weighted by Gasteiger charge is -2.16. The van der Waals surface area contributed by atoms with Gasteiger partial charge in [0.1, 0.15) is 17.6 Å². The van der Waals surface area contributed by atoms with Crippen molar-refractivity contribution in [1.82, 2.24) is 19.6 Å². The Kier molecular flexibility index (Phi) is 5.75. The van der Waals surface area contributed by atoms with Gasteiger partial charge in [-0.2, -0.15) is 0 Å². The van der Waals surface area contributed by atoms with Crippen molar-refractivity contribution in [3.63, 3.8) is 0 Å². The van der Waals surface area contributed by atoms with E-state index >= 15 is 0 Å². The molecule has 2 fully saturated rings. The number of piperidine rings is 1. The second-order valence-electron chi connectivity index (χ2n) is 8.88. The molecule has 2 N–H and O–H groups in total. The van der Waals surface area contributed by atoms with E-state index in [1.54, 1.807) is 13.1 Å². The first-order valence-electron chi connectivity index (χ1n) is 11.2. The van der Waals surface area contributed by atoms with E-state index in [9.17, 15) is 9.90 Å². The fourth-order valence-electron chi connectivity index (χ4n) is 4.67. The molecular weight excluding hydrogens is 420 g/mol. The number of aliphatic hydroxyl groups excluding tert-OH is 1. The summed E-state index contributed by atoms with van der Waals surface area (Å²) in [6.45, 7) is 4.72. The number of carbonyl (C=O) groups is 1. The quantitative estimate of drug-likeness (QED) is 0.538. The molecule has 0 spiro atoms. The van der Waals surface area contributed by atoms with E-state index in [-0.39, 0.29) is 6.42 Å². The Morgan fingerprint density at radius 1 is 1.27 bits per heavy atom. The van der Waals surface area contributed by atoms with Gasteiger partial charge in [0.25, 0.3) is 0 Å². The summed E-state index contributed by atoms with van der Waals surface area (Å²) in [5, 5.41) is 22.8. The van der Waals surface area contributed by atoms with E-state index in [0.29, 0.717) is 42.4 Å². The second-order valence-corrected chi connectivity index (χ2v) is 8.88. The second kappa shape index (κ2) is 8.85. The third kappa shape index (κ3) is 4.70. The molecule has 0 amide bonds. The Bertz CT molecular complexity index is 1190. The number of hydrogen-bond acceptors (Lipinski definition) is 6. The number of imidazole rings is 1. The largest absolute Gasteiger partial charge is 0.481 e. The molecule has 5 rings (SSSR count). The van der Waals surface area contributed by atoms with Crippen molar-refractivity contribution < 1.29 is 19.5 Å². The predicted molar refractivity (Wildman–Crippen MR) is 120 cm³/mol. The number of carboxylic acids is 1. The van der Waals surface area contributed by atoms with Gasteiger partial charge >= 0.3 is 5.97 Å². The van der Waals surface area contributed by atoms with Gasteiger partial charge in [0.15, 0.2) is 5.76 Å². The van der Waals surface area contributed by atoms with Crippen molar-refractivity contribution >= 4 is 5.97 Å². The van der Waals surface area contributed by atoms with Crippen LogP contribution in [0.3, 0.4) is 0 Å². The monoisotopic (exact) mass is 446 g/mol. The Hall–Kier alpha value is -3.41. The van der Waals surface area contributed by atoms with Crippen LogP contribution in [0.15, 0.2) is 47.2 Å². The summed E-state index contributed by atoms with van der Waals surface area (Å²) < 4.78 is 7.37. The number of carboxylic acid groups (broad SMARTS) is 1. The number of rotatable bonds is 7. The molecule has 1 saturated carbocycles. The Balaban J connectivity index is 1.17. The molecule has 3 aromatic rings. The zero-order valence-corrected chi connectivity index (χ0v) is 18.4. The van der Waals surface area contributed by atoms with Crippen molar-refractivity contribution in [3.8, 4) is 23.2 Å². The summed E-state index contributed by atoms with van der Waals surface area (Å²) in [6, 6.07) is 9.84. The van der Waals surface area contributed by atoms with Gasteiger partial charge < -0.3 is 24.2 Å². The van der Waals surface area contributed by atoms with Crippen molar-refractivity contribution in [1.29, 1.82) is 0 Å². The minimum absolute atomic E-state index is 0.210. The van der Waals surface area contributed by atoms with Gasteiger partial charge in [-0.25, -0.2) is 4.98 Å². The highest BCUT2D eigenvalue weighted by molar-refractivity contribution is 5.66. The molecule has 3 heterocycles. The number of aliphatic hydroxyl groups is 1. The molecule has 0 unspecified atom stereocenters. The third-order valence-corrected chi connectivity index (χ3v) is 6.48. The highest BCUT2D eigenvalue weighted by Gasteiger charge is 2.54. The Morgan fingerprint density at radius 2 is 2.03 bits per heavy atom. The zero-order valence-electron chi connectivity index (χ0n) is 18.4. The molecule has 8 nitrogen and oxygen atoms in total. The predicted octanol–water partition coefficient (Wildman–Crippen LogP) is 2.64. The summed E-state index contributed by atoms with van der Waals surface area (Å²) in [7, 11) is 0. The molecule has 1 saturated heterocycles. The highest BCUT2D eigenvalue weighted by Crippen LogP contribution is 2.51. The van der Waals surface area contributed by atoms with E-state index in [0.717, 1.165) is 29.9 Å². The van der Waals surface area contributed by atoms with Crippen LogP contribution in [0.1, 0.15) is 36.5 Å². The molecule has 4 atom stereocenters. The van der Waals surface area contributed by atoms with E-state index in [2.05, 4.69) is 26.9 Å². The molecule has 2 aliphatic rings. The van der Waals surface area contributed by atoms with E-state index in [4.69, 9.17) is 9.63 Å². The van der Waals surface area contributed by atoms with Gasteiger partial charge in [-0.15, -0.1) is 0 Å². The standard InChI is InChI=1S/C25H26N4O4/c1-16(30)25-26-9-11-29(25)13-19-12-23(33-27-19)18-5-2-17(3-6-18)4-7-20-21-14-28(15-22(20)21)10-8-24(31)32/h2-3,5-6,9,11-12,16,20-22,30H,8,10,13-15H2,1H3,(H,31,32)/t16-,20-,21+,22-/m0/s1. The Morgan fingerprint density at radius 3 is 2.73 bits per heavy atom. The molecule has 1 aliphatic carbocycles. The van der Waals surface area contributed by atoms with Gasteiger partial charge in [-0.1, -0.05) is 17.0 Å². The first kappa shape index (κ1) is 21.4. The maximum atomic E-state index is 10.7. The molecule has 0 bridgehead atoms. The van der Waals surface area contributed by atoms with Crippen LogP contribution >= 0.6 is 0 Å². The van der Waals surface area contributed by atoms with Crippen molar-refractivity contribution in [2.75, 3.05) is 19.6 Å². The van der Waals surface area contributed by atoms with Crippen LogP contribution in [0.25, 0.3) is 11.3 Å². The minimum atomic E-state index is -0.736. The minimum Gasteiger partial charge on any atom is -0.481 e. The molecule has 8 heteroatoms. The highest BCUT2D eigenvalue weighted by atomic mass is 16.5. The Labute approximate surface area is 191 Å². The number of nitrogens with zero attached hydrogens (tertiary/aromatic N) is 4. The van der Waals surface area contributed by atoms with Crippen molar-refractivity contribution in [2.45, 2.75) is 26.0 Å². The zero-order chi connectivity index (χ0) is 22.9. The van der Waals surface area contributed by atoms with Gasteiger partial charge in [-0.05, 0) is 43.0 Å². The molecular formula is C25H26N4O4. The lowest BCUT2D eigenvalue weighted by Crippen LogP contribution is -2.26. The molecule has 33 heavy (non-hydrogen) atoms. The number of hydrogen-bond donors (Lipinski definition) is 2. The smallest absolute Gasteiger partial charge is 0.304 e. The molecule has 2 aromatic heterocycles. The number of aromatic nitrogens is 3. The number of likely N-dealkylation sites (tertiary alicyclic amines) is 1. The van der Waals surface area contributed by atoms with Crippen LogP contribution in [0.4, 0.5) is 0 Å².